The number of carbonyl (C=O) groups excluding carboxylic acids is 1. The third kappa shape index (κ3) is 6.26. The van der Waals surface area contributed by atoms with Gasteiger partial charge in [-0.3, -0.25) is 4.79 Å². The zero-order valence-electron chi connectivity index (χ0n) is 12.3. The van der Waals surface area contributed by atoms with Crippen LogP contribution in [0.2, 0.25) is 19.6 Å². The summed E-state index contributed by atoms with van der Waals surface area (Å²) in [4.78, 5) is 12.4. The Hall–Kier alpha value is -0.803. The van der Waals surface area contributed by atoms with Gasteiger partial charge in [0, 0.05) is 5.75 Å². The van der Waals surface area contributed by atoms with Gasteiger partial charge in [-0.05, 0) is 17.4 Å². The minimum atomic E-state index is -1.31. The van der Waals surface area contributed by atoms with Crippen molar-refractivity contribution in [1.82, 2.24) is 0 Å². The van der Waals surface area contributed by atoms with Gasteiger partial charge in [-0.1, -0.05) is 62.6 Å². The first-order chi connectivity index (χ1) is 8.94. The van der Waals surface area contributed by atoms with E-state index in [2.05, 4.69) is 44.4 Å². The Morgan fingerprint density at radius 3 is 2.42 bits per heavy atom. The molecule has 1 atom stereocenters. The molecule has 0 saturated carbocycles. The van der Waals surface area contributed by atoms with Gasteiger partial charge in [0.2, 0.25) is 0 Å². The van der Waals surface area contributed by atoms with Crippen molar-refractivity contribution in [3.63, 3.8) is 0 Å². The van der Waals surface area contributed by atoms with Crippen LogP contribution in [-0.2, 0) is 4.79 Å². The number of allylic oxidation sites excluding steroid dienone is 1. The molecule has 19 heavy (non-hydrogen) atoms. The van der Waals surface area contributed by atoms with Crippen molar-refractivity contribution in [1.29, 1.82) is 0 Å². The lowest BCUT2D eigenvalue weighted by atomic mass is 9.97. The molecule has 1 aromatic carbocycles. The van der Waals surface area contributed by atoms with E-state index in [0.717, 1.165) is 17.1 Å². The van der Waals surface area contributed by atoms with Crippen LogP contribution in [0.3, 0.4) is 0 Å². The molecule has 0 bridgehead atoms. The summed E-state index contributed by atoms with van der Waals surface area (Å²) in [5, 5.41) is 0. The molecule has 1 aromatic rings. The maximum Gasteiger partial charge on any atom is 0.163 e. The molecule has 0 amide bonds. The Bertz CT molecular complexity index is 420. The fraction of sp³-hybridized carbons (Fsp3) is 0.438. The maximum absolute atomic E-state index is 12.4. The van der Waals surface area contributed by atoms with Crippen LogP contribution >= 0.6 is 11.8 Å². The summed E-state index contributed by atoms with van der Waals surface area (Å²) >= 11 is 1.83. The van der Waals surface area contributed by atoms with Crippen molar-refractivity contribution in [3.05, 3.63) is 47.7 Å². The summed E-state index contributed by atoms with van der Waals surface area (Å²) in [7, 11) is -1.31. The second-order valence-corrected chi connectivity index (χ2v) is 12.1. The number of thioether (sulfide) groups is 1. The van der Waals surface area contributed by atoms with E-state index in [9.17, 15) is 4.79 Å². The average Bonchev–Trinajstić information content (AvgIpc) is 2.37. The van der Waals surface area contributed by atoms with E-state index in [-0.39, 0.29) is 11.7 Å². The fourth-order valence-corrected chi connectivity index (χ4v) is 3.20. The van der Waals surface area contributed by atoms with Crippen molar-refractivity contribution < 1.29 is 4.79 Å². The molecule has 0 radical (unpaired) electrons. The van der Waals surface area contributed by atoms with Gasteiger partial charge in [0.15, 0.2) is 5.78 Å². The van der Waals surface area contributed by atoms with E-state index >= 15 is 0 Å². The summed E-state index contributed by atoms with van der Waals surface area (Å²) in [5.41, 5.74) is 3.27. The Labute approximate surface area is 122 Å². The molecule has 0 N–H and O–H groups in total. The Kier molecular flexibility index (Phi) is 6.59. The molecule has 0 fully saturated rings. The van der Waals surface area contributed by atoms with Gasteiger partial charge in [-0.2, -0.15) is 11.8 Å². The molecule has 1 nitrogen and oxygen atoms in total. The Morgan fingerprint density at radius 1 is 1.26 bits per heavy atom. The summed E-state index contributed by atoms with van der Waals surface area (Å²) in [6.45, 7) is 8.87. The lowest BCUT2D eigenvalue weighted by Gasteiger charge is -2.15. The van der Waals surface area contributed by atoms with E-state index in [4.69, 9.17) is 0 Å². The van der Waals surface area contributed by atoms with Gasteiger partial charge in [0.05, 0.1) is 14.0 Å². The molecule has 0 heterocycles. The van der Waals surface area contributed by atoms with E-state index in [0.29, 0.717) is 0 Å². The first-order valence-electron chi connectivity index (χ1n) is 6.80. The lowest BCUT2D eigenvalue weighted by Crippen LogP contribution is -2.19. The molecular formula is C16H24OSSi. The van der Waals surface area contributed by atoms with Crippen molar-refractivity contribution in [2.45, 2.75) is 32.5 Å². The van der Waals surface area contributed by atoms with Crippen molar-refractivity contribution in [2.75, 3.05) is 11.5 Å². The highest BCUT2D eigenvalue weighted by molar-refractivity contribution is 7.99. The maximum atomic E-state index is 12.4. The highest BCUT2D eigenvalue weighted by atomic mass is 32.2. The van der Waals surface area contributed by atoms with Crippen LogP contribution in [0.1, 0.15) is 18.4 Å². The van der Waals surface area contributed by atoms with Gasteiger partial charge in [0.25, 0.3) is 0 Å². The summed E-state index contributed by atoms with van der Waals surface area (Å²) in [6.07, 6.45) is 1.82. The van der Waals surface area contributed by atoms with Crippen LogP contribution in [0, 0.1) is 0 Å². The fourth-order valence-electron chi connectivity index (χ4n) is 1.71. The summed E-state index contributed by atoms with van der Waals surface area (Å²) in [6, 6.07) is 10.1. The normalized spacial score (nSPS) is 13.7. The largest absolute Gasteiger partial charge is 0.294 e. The van der Waals surface area contributed by atoms with Gasteiger partial charge < -0.3 is 0 Å². The average molecular weight is 293 g/mol. The van der Waals surface area contributed by atoms with E-state index in [1.807, 2.05) is 36.0 Å². The monoisotopic (exact) mass is 292 g/mol. The first-order valence-corrected chi connectivity index (χ1v) is 11.5. The highest BCUT2D eigenvalue weighted by Crippen LogP contribution is 2.22. The first kappa shape index (κ1) is 16.3. The third-order valence-electron chi connectivity index (χ3n) is 2.78. The quantitative estimate of drug-likeness (QED) is 0.542. The number of carbonyl (C=O) groups is 1. The number of ketones is 1. The predicted octanol–water partition coefficient (Wildman–Crippen LogP) is 4.53. The van der Waals surface area contributed by atoms with Crippen LogP contribution in [0.15, 0.2) is 42.1 Å². The number of hydrogen-bond donors (Lipinski definition) is 0. The lowest BCUT2D eigenvalue weighted by molar-refractivity contribution is -0.115. The molecule has 104 valence electrons. The molecule has 0 spiro atoms. The van der Waals surface area contributed by atoms with Crippen LogP contribution in [0.4, 0.5) is 0 Å². The summed E-state index contributed by atoms with van der Waals surface area (Å²) in [5.74, 6) is 2.16. The van der Waals surface area contributed by atoms with E-state index < -0.39 is 8.07 Å². The molecule has 0 unspecified atom stereocenters. The summed E-state index contributed by atoms with van der Waals surface area (Å²) < 4.78 is 0. The number of rotatable bonds is 7. The van der Waals surface area contributed by atoms with Gasteiger partial charge >= 0.3 is 0 Å². The molecule has 3 heteroatoms. The van der Waals surface area contributed by atoms with Crippen LogP contribution < -0.4 is 0 Å². The van der Waals surface area contributed by atoms with Crippen LogP contribution in [0.5, 0.6) is 0 Å². The van der Waals surface area contributed by atoms with Gasteiger partial charge in [0.1, 0.15) is 0 Å². The topological polar surface area (TPSA) is 17.1 Å². The Morgan fingerprint density at radius 2 is 1.89 bits per heavy atom. The minimum absolute atomic E-state index is 0.00116. The second kappa shape index (κ2) is 7.71. The van der Waals surface area contributed by atoms with Crippen molar-refractivity contribution >= 4 is 25.6 Å². The highest BCUT2D eigenvalue weighted by Gasteiger charge is 2.19. The molecule has 0 aliphatic rings. The molecule has 0 aliphatic heterocycles. The minimum Gasteiger partial charge on any atom is -0.294 e. The molecule has 0 saturated heterocycles. The SMILES string of the molecule is CCSC[C@@H](C(=O)/C=C/[Si](C)(C)C)c1ccccc1. The van der Waals surface area contributed by atoms with E-state index in [1.165, 1.54) is 0 Å². The van der Waals surface area contributed by atoms with Gasteiger partial charge in [-0.25, -0.2) is 0 Å². The molecule has 1 rings (SSSR count). The zero-order valence-corrected chi connectivity index (χ0v) is 14.2. The number of hydrogen-bond acceptors (Lipinski definition) is 2. The Balaban J connectivity index is 2.86. The third-order valence-corrected chi connectivity index (χ3v) is 4.93. The number of benzene rings is 1. The molecule has 0 aliphatic carbocycles. The smallest absolute Gasteiger partial charge is 0.163 e. The van der Waals surface area contributed by atoms with E-state index in [1.54, 1.807) is 0 Å². The predicted molar refractivity (Wildman–Crippen MR) is 89.7 cm³/mol. The molecular weight excluding hydrogens is 268 g/mol. The zero-order chi connectivity index (χ0) is 14.3. The molecule has 0 aromatic heterocycles. The van der Waals surface area contributed by atoms with Crippen molar-refractivity contribution in [2.24, 2.45) is 0 Å². The second-order valence-electron chi connectivity index (χ2n) is 5.72. The van der Waals surface area contributed by atoms with Crippen LogP contribution in [-0.4, -0.2) is 25.4 Å². The van der Waals surface area contributed by atoms with Crippen LogP contribution in [0.25, 0.3) is 0 Å². The van der Waals surface area contributed by atoms with Crippen molar-refractivity contribution in [3.8, 4) is 0 Å². The van der Waals surface area contributed by atoms with Gasteiger partial charge in [-0.15, -0.1) is 0 Å². The standard InChI is InChI=1S/C16H24OSSi/c1-5-18-13-15(14-9-7-6-8-10-14)16(17)11-12-19(2,3)4/h6-12,15H,5,13H2,1-4H3/b12-11+/t15-/m1/s1.